The van der Waals surface area contributed by atoms with Crippen LogP contribution in [-0.2, 0) is 9.53 Å². The van der Waals surface area contributed by atoms with Crippen molar-refractivity contribution in [2.75, 3.05) is 19.7 Å². The number of fused-ring (bicyclic) bond motifs is 1. The van der Waals surface area contributed by atoms with E-state index < -0.39 is 0 Å². The second kappa shape index (κ2) is 8.19. The summed E-state index contributed by atoms with van der Waals surface area (Å²) < 4.78 is 11.5. The zero-order valence-corrected chi connectivity index (χ0v) is 15.6. The van der Waals surface area contributed by atoms with Gasteiger partial charge in [0, 0.05) is 30.6 Å². The quantitative estimate of drug-likeness (QED) is 0.713. The highest BCUT2D eigenvalue weighted by atomic mass is 35.5. The molecule has 1 fully saturated rings. The van der Waals surface area contributed by atoms with Crippen LogP contribution in [0.25, 0.3) is 11.1 Å². The van der Waals surface area contributed by atoms with Crippen molar-refractivity contribution in [3.05, 3.63) is 29.1 Å². The molecule has 1 aliphatic rings. The van der Waals surface area contributed by atoms with E-state index in [1.165, 1.54) is 0 Å². The summed E-state index contributed by atoms with van der Waals surface area (Å²) in [6.45, 7) is 6.02. The molecular weight excluding hydrogens is 340 g/mol. The van der Waals surface area contributed by atoms with Crippen LogP contribution in [0, 0.1) is 0 Å². The Morgan fingerprint density at radius 1 is 1.44 bits per heavy atom. The number of ether oxygens (including phenoxy) is 1. The largest absolute Gasteiger partial charge is 0.440 e. The van der Waals surface area contributed by atoms with Crippen molar-refractivity contribution in [3.8, 4) is 0 Å². The van der Waals surface area contributed by atoms with E-state index >= 15 is 0 Å². The second-order valence-corrected chi connectivity index (χ2v) is 7.07. The zero-order chi connectivity index (χ0) is 17.8. The fourth-order valence-corrected chi connectivity index (χ4v) is 3.34. The minimum Gasteiger partial charge on any atom is -0.440 e. The fourth-order valence-electron chi connectivity index (χ4n) is 3.17. The first-order chi connectivity index (χ1) is 12.1. The number of halogens is 1. The van der Waals surface area contributed by atoms with E-state index in [2.05, 4.69) is 11.9 Å². The molecule has 2 aromatic rings. The van der Waals surface area contributed by atoms with Gasteiger partial charge in [0.05, 0.1) is 0 Å². The molecule has 1 unspecified atom stereocenters. The molecule has 136 valence electrons. The standard InChI is InChI=1S/C19H25ClN2O3/c1-3-4-11-24-13(2)19(23)22-9-7-14(8-10-22)18-21-16-12-15(20)5-6-17(16)25-18/h5-6,12-14H,3-4,7-11H2,1-2H3. The van der Waals surface area contributed by atoms with Crippen LogP contribution < -0.4 is 0 Å². The number of hydrogen-bond acceptors (Lipinski definition) is 4. The summed E-state index contributed by atoms with van der Waals surface area (Å²) >= 11 is 6.01. The average Bonchev–Trinajstić information content (AvgIpc) is 3.04. The van der Waals surface area contributed by atoms with Gasteiger partial charge < -0.3 is 14.1 Å². The van der Waals surface area contributed by atoms with Gasteiger partial charge in [0.25, 0.3) is 5.91 Å². The number of likely N-dealkylation sites (tertiary alicyclic amines) is 1. The molecule has 0 radical (unpaired) electrons. The van der Waals surface area contributed by atoms with Gasteiger partial charge in [-0.3, -0.25) is 4.79 Å². The number of aromatic nitrogens is 1. The first-order valence-corrected chi connectivity index (χ1v) is 9.42. The van der Waals surface area contributed by atoms with Crippen LogP contribution in [0.4, 0.5) is 0 Å². The molecule has 0 bridgehead atoms. The maximum Gasteiger partial charge on any atom is 0.251 e. The number of unbranched alkanes of at least 4 members (excludes halogenated alkanes) is 1. The van der Waals surface area contributed by atoms with E-state index in [9.17, 15) is 4.79 Å². The van der Waals surface area contributed by atoms with Gasteiger partial charge in [0.15, 0.2) is 11.5 Å². The van der Waals surface area contributed by atoms with Gasteiger partial charge >= 0.3 is 0 Å². The molecule has 1 atom stereocenters. The first kappa shape index (κ1) is 18.2. The minimum absolute atomic E-state index is 0.0823. The Morgan fingerprint density at radius 2 is 2.20 bits per heavy atom. The number of amides is 1. The van der Waals surface area contributed by atoms with Crippen LogP contribution in [0.2, 0.25) is 5.02 Å². The van der Waals surface area contributed by atoms with E-state index in [1.54, 1.807) is 6.07 Å². The Balaban J connectivity index is 1.56. The molecule has 6 heteroatoms. The Hall–Kier alpha value is -1.59. The lowest BCUT2D eigenvalue weighted by molar-refractivity contribution is -0.143. The molecule has 0 saturated carbocycles. The Morgan fingerprint density at radius 3 is 2.92 bits per heavy atom. The monoisotopic (exact) mass is 364 g/mol. The summed E-state index contributed by atoms with van der Waals surface area (Å²) in [5.74, 6) is 1.07. The molecule has 1 aliphatic heterocycles. The second-order valence-electron chi connectivity index (χ2n) is 6.63. The normalized spacial score (nSPS) is 17.2. The number of piperidine rings is 1. The maximum atomic E-state index is 12.5. The van der Waals surface area contributed by atoms with E-state index in [1.807, 2.05) is 24.0 Å². The Labute approximate surface area is 153 Å². The van der Waals surface area contributed by atoms with Gasteiger partial charge in [-0.25, -0.2) is 4.98 Å². The van der Waals surface area contributed by atoms with Gasteiger partial charge in [-0.2, -0.15) is 0 Å². The Kier molecular flexibility index (Phi) is 5.97. The third kappa shape index (κ3) is 4.33. The predicted octanol–water partition coefficient (Wildman–Crippen LogP) is 4.39. The summed E-state index contributed by atoms with van der Waals surface area (Å²) in [5.41, 5.74) is 1.55. The highest BCUT2D eigenvalue weighted by Gasteiger charge is 2.29. The van der Waals surface area contributed by atoms with Gasteiger partial charge in [-0.1, -0.05) is 24.9 Å². The number of carbonyl (C=O) groups is 1. The van der Waals surface area contributed by atoms with Gasteiger partial charge in [-0.15, -0.1) is 0 Å². The number of benzene rings is 1. The van der Waals surface area contributed by atoms with Crippen molar-refractivity contribution >= 4 is 28.6 Å². The van der Waals surface area contributed by atoms with Crippen LogP contribution in [0.15, 0.2) is 22.6 Å². The van der Waals surface area contributed by atoms with Crippen molar-refractivity contribution in [1.29, 1.82) is 0 Å². The third-order valence-electron chi connectivity index (χ3n) is 4.74. The van der Waals surface area contributed by atoms with Crippen molar-refractivity contribution in [3.63, 3.8) is 0 Å². The van der Waals surface area contributed by atoms with Crippen LogP contribution >= 0.6 is 11.6 Å². The van der Waals surface area contributed by atoms with E-state index in [0.29, 0.717) is 24.7 Å². The van der Waals surface area contributed by atoms with Crippen molar-refractivity contribution in [1.82, 2.24) is 9.88 Å². The average molecular weight is 365 g/mol. The number of rotatable bonds is 6. The maximum absolute atomic E-state index is 12.5. The third-order valence-corrected chi connectivity index (χ3v) is 4.97. The van der Waals surface area contributed by atoms with Crippen LogP contribution in [0.5, 0.6) is 0 Å². The molecule has 1 saturated heterocycles. The SMILES string of the molecule is CCCCOC(C)C(=O)N1CCC(c2nc3cc(Cl)ccc3o2)CC1. The summed E-state index contributed by atoms with van der Waals surface area (Å²) in [4.78, 5) is 18.9. The summed E-state index contributed by atoms with van der Waals surface area (Å²) in [6, 6.07) is 5.47. The van der Waals surface area contributed by atoms with Crippen LogP contribution in [0.1, 0.15) is 51.3 Å². The minimum atomic E-state index is -0.366. The molecule has 1 amide bonds. The number of nitrogens with zero attached hydrogens (tertiary/aromatic N) is 2. The van der Waals surface area contributed by atoms with E-state index in [4.69, 9.17) is 20.8 Å². The number of carbonyl (C=O) groups excluding carboxylic acids is 1. The van der Waals surface area contributed by atoms with Crippen molar-refractivity contribution in [2.24, 2.45) is 0 Å². The van der Waals surface area contributed by atoms with Gasteiger partial charge in [0.1, 0.15) is 11.6 Å². The number of oxazole rings is 1. The van der Waals surface area contributed by atoms with E-state index in [0.717, 1.165) is 42.7 Å². The first-order valence-electron chi connectivity index (χ1n) is 9.05. The zero-order valence-electron chi connectivity index (χ0n) is 14.8. The molecule has 5 nitrogen and oxygen atoms in total. The highest BCUT2D eigenvalue weighted by Crippen LogP contribution is 2.31. The molecular formula is C19H25ClN2O3. The highest BCUT2D eigenvalue weighted by molar-refractivity contribution is 6.31. The Bertz CT molecular complexity index is 723. The van der Waals surface area contributed by atoms with Crippen molar-refractivity contribution in [2.45, 2.75) is 51.6 Å². The topological polar surface area (TPSA) is 55.6 Å². The predicted molar refractivity (Wildman–Crippen MR) is 97.9 cm³/mol. The molecule has 0 N–H and O–H groups in total. The summed E-state index contributed by atoms with van der Waals surface area (Å²) in [7, 11) is 0. The molecule has 25 heavy (non-hydrogen) atoms. The summed E-state index contributed by atoms with van der Waals surface area (Å²) in [6.07, 6.45) is 3.40. The molecule has 1 aromatic carbocycles. The lowest BCUT2D eigenvalue weighted by Gasteiger charge is -2.32. The number of hydrogen-bond donors (Lipinski definition) is 0. The lowest BCUT2D eigenvalue weighted by Crippen LogP contribution is -2.43. The van der Waals surface area contributed by atoms with Gasteiger partial charge in [0.2, 0.25) is 0 Å². The molecule has 0 aliphatic carbocycles. The molecule has 1 aromatic heterocycles. The lowest BCUT2D eigenvalue weighted by atomic mass is 9.96. The van der Waals surface area contributed by atoms with Gasteiger partial charge in [-0.05, 0) is 44.4 Å². The molecule has 3 rings (SSSR count). The smallest absolute Gasteiger partial charge is 0.251 e. The fraction of sp³-hybridized carbons (Fsp3) is 0.579. The molecule has 0 spiro atoms. The van der Waals surface area contributed by atoms with Crippen LogP contribution in [-0.4, -0.2) is 41.6 Å². The summed E-state index contributed by atoms with van der Waals surface area (Å²) in [5, 5.41) is 0.657. The van der Waals surface area contributed by atoms with E-state index in [-0.39, 0.29) is 17.9 Å². The molecule has 2 heterocycles. The van der Waals surface area contributed by atoms with Crippen molar-refractivity contribution < 1.29 is 13.9 Å². The van der Waals surface area contributed by atoms with Crippen LogP contribution in [0.3, 0.4) is 0 Å².